The van der Waals surface area contributed by atoms with Crippen LogP contribution in [0.1, 0.15) is 22.8 Å². The monoisotopic (exact) mass is 332 g/mol. The van der Waals surface area contributed by atoms with Crippen LogP contribution in [0.2, 0.25) is 5.02 Å². The van der Waals surface area contributed by atoms with E-state index < -0.39 is 0 Å². The second-order valence-electron chi connectivity index (χ2n) is 5.02. The molecule has 0 saturated heterocycles. The molecule has 0 fully saturated rings. The molecule has 5 nitrogen and oxygen atoms in total. The maximum absolute atomic E-state index is 12.4. The summed E-state index contributed by atoms with van der Waals surface area (Å²) in [7, 11) is 1.52. The van der Waals surface area contributed by atoms with Crippen molar-refractivity contribution >= 4 is 34.8 Å². The van der Waals surface area contributed by atoms with E-state index in [9.17, 15) is 9.59 Å². The summed E-state index contributed by atoms with van der Waals surface area (Å²) < 4.78 is 5.26. The maximum Gasteiger partial charge on any atom is 0.255 e. The van der Waals surface area contributed by atoms with Crippen LogP contribution in [0.25, 0.3) is 0 Å². The summed E-state index contributed by atoms with van der Waals surface area (Å²) >= 11 is 6.10. The minimum Gasteiger partial charge on any atom is -0.495 e. The summed E-state index contributed by atoms with van der Waals surface area (Å²) in [5, 5.41) is 5.94. The Morgan fingerprint density at radius 3 is 2.52 bits per heavy atom. The van der Waals surface area contributed by atoms with Crippen molar-refractivity contribution in [2.24, 2.45) is 0 Å². The number of benzene rings is 2. The van der Waals surface area contributed by atoms with Crippen molar-refractivity contribution in [2.75, 3.05) is 17.7 Å². The molecular weight excluding hydrogens is 316 g/mol. The second-order valence-corrected chi connectivity index (χ2v) is 5.42. The minimum atomic E-state index is -0.324. The van der Waals surface area contributed by atoms with Gasteiger partial charge in [0.1, 0.15) is 5.75 Å². The lowest BCUT2D eigenvalue weighted by molar-refractivity contribution is -0.114. The molecule has 0 aliphatic heterocycles. The molecule has 0 spiro atoms. The van der Waals surface area contributed by atoms with Gasteiger partial charge in [0, 0.05) is 23.2 Å². The minimum absolute atomic E-state index is 0.199. The van der Waals surface area contributed by atoms with Gasteiger partial charge in [-0.05, 0) is 42.8 Å². The zero-order chi connectivity index (χ0) is 17.0. The Kier molecular flexibility index (Phi) is 5.24. The predicted octanol–water partition coefficient (Wildman–Crippen LogP) is 3.87. The van der Waals surface area contributed by atoms with Crippen LogP contribution >= 0.6 is 11.6 Å². The standard InChI is InChI=1S/C17H17ClN2O3/c1-10-7-16(23-3)15(9-14(10)18)20-17(22)12-5-4-6-13(8-12)19-11(2)21/h4-9H,1-3H3,(H,19,21)(H,20,22). The third-order valence-electron chi connectivity index (χ3n) is 3.17. The first kappa shape index (κ1) is 16.8. The van der Waals surface area contributed by atoms with Gasteiger partial charge in [-0.25, -0.2) is 0 Å². The smallest absolute Gasteiger partial charge is 0.255 e. The van der Waals surface area contributed by atoms with E-state index in [0.29, 0.717) is 27.7 Å². The number of anilines is 2. The van der Waals surface area contributed by atoms with Gasteiger partial charge in [-0.3, -0.25) is 9.59 Å². The highest BCUT2D eigenvalue weighted by atomic mass is 35.5. The Hall–Kier alpha value is -2.53. The zero-order valence-corrected chi connectivity index (χ0v) is 13.8. The molecule has 0 heterocycles. The number of carbonyl (C=O) groups is 2. The molecular formula is C17H17ClN2O3. The van der Waals surface area contributed by atoms with Crippen LogP contribution in [0, 0.1) is 6.92 Å². The normalized spacial score (nSPS) is 10.1. The lowest BCUT2D eigenvalue weighted by Crippen LogP contribution is -2.14. The quantitative estimate of drug-likeness (QED) is 0.893. The lowest BCUT2D eigenvalue weighted by Gasteiger charge is -2.12. The van der Waals surface area contributed by atoms with Gasteiger partial charge in [-0.15, -0.1) is 0 Å². The van der Waals surface area contributed by atoms with E-state index in [1.165, 1.54) is 14.0 Å². The van der Waals surface area contributed by atoms with Crippen LogP contribution in [-0.4, -0.2) is 18.9 Å². The summed E-state index contributed by atoms with van der Waals surface area (Å²) in [6, 6.07) is 10.1. The van der Waals surface area contributed by atoms with Crippen LogP contribution in [0.4, 0.5) is 11.4 Å². The van der Waals surface area contributed by atoms with E-state index >= 15 is 0 Å². The Balaban J connectivity index is 2.25. The van der Waals surface area contributed by atoms with Gasteiger partial charge in [-0.2, -0.15) is 0 Å². The van der Waals surface area contributed by atoms with Gasteiger partial charge in [0.15, 0.2) is 0 Å². The third kappa shape index (κ3) is 4.23. The van der Waals surface area contributed by atoms with Crippen LogP contribution in [0.15, 0.2) is 36.4 Å². The molecule has 2 aromatic carbocycles. The molecule has 2 N–H and O–H groups in total. The summed E-state index contributed by atoms with van der Waals surface area (Å²) in [4.78, 5) is 23.5. The largest absolute Gasteiger partial charge is 0.495 e. The highest BCUT2D eigenvalue weighted by Gasteiger charge is 2.12. The average molecular weight is 333 g/mol. The Bertz CT molecular complexity index is 759. The first-order valence-corrected chi connectivity index (χ1v) is 7.31. The number of methoxy groups -OCH3 is 1. The number of amides is 2. The Morgan fingerprint density at radius 1 is 1.13 bits per heavy atom. The van der Waals surface area contributed by atoms with E-state index in [1.54, 1.807) is 36.4 Å². The number of nitrogens with one attached hydrogen (secondary N) is 2. The van der Waals surface area contributed by atoms with Crippen molar-refractivity contribution < 1.29 is 14.3 Å². The summed E-state index contributed by atoms with van der Waals surface area (Å²) in [6.45, 7) is 3.26. The molecule has 23 heavy (non-hydrogen) atoms. The highest BCUT2D eigenvalue weighted by Crippen LogP contribution is 2.31. The number of aryl methyl sites for hydroxylation is 1. The Labute approximate surface area is 139 Å². The van der Waals surface area contributed by atoms with Crippen molar-refractivity contribution in [3.05, 3.63) is 52.5 Å². The SMILES string of the molecule is COc1cc(C)c(Cl)cc1NC(=O)c1cccc(NC(C)=O)c1. The van der Waals surface area contributed by atoms with Gasteiger partial charge in [0.25, 0.3) is 5.91 Å². The maximum atomic E-state index is 12.4. The number of hydrogen-bond acceptors (Lipinski definition) is 3. The molecule has 120 valence electrons. The molecule has 2 aromatic rings. The van der Waals surface area contributed by atoms with Crippen molar-refractivity contribution in [3.8, 4) is 5.75 Å². The van der Waals surface area contributed by atoms with Gasteiger partial charge in [0.2, 0.25) is 5.91 Å². The fraction of sp³-hybridized carbons (Fsp3) is 0.176. The third-order valence-corrected chi connectivity index (χ3v) is 3.58. The Morgan fingerprint density at radius 2 is 1.87 bits per heavy atom. The van der Waals surface area contributed by atoms with Crippen molar-refractivity contribution in [3.63, 3.8) is 0 Å². The van der Waals surface area contributed by atoms with Crippen LogP contribution in [0.5, 0.6) is 5.75 Å². The molecule has 6 heteroatoms. The molecule has 0 aromatic heterocycles. The van der Waals surface area contributed by atoms with E-state index in [1.807, 2.05) is 6.92 Å². The topological polar surface area (TPSA) is 67.4 Å². The molecule has 2 amide bonds. The van der Waals surface area contributed by atoms with Crippen molar-refractivity contribution in [1.82, 2.24) is 0 Å². The van der Waals surface area contributed by atoms with Crippen LogP contribution in [-0.2, 0) is 4.79 Å². The first-order valence-electron chi connectivity index (χ1n) is 6.94. The van der Waals surface area contributed by atoms with Gasteiger partial charge in [-0.1, -0.05) is 17.7 Å². The fourth-order valence-electron chi connectivity index (χ4n) is 2.06. The summed E-state index contributed by atoms with van der Waals surface area (Å²) in [5.41, 5.74) is 2.31. The molecule has 0 saturated carbocycles. The molecule has 0 atom stereocenters. The number of halogens is 1. The van der Waals surface area contributed by atoms with Gasteiger partial charge >= 0.3 is 0 Å². The number of rotatable bonds is 4. The highest BCUT2D eigenvalue weighted by molar-refractivity contribution is 6.31. The van der Waals surface area contributed by atoms with Gasteiger partial charge in [0.05, 0.1) is 12.8 Å². The lowest BCUT2D eigenvalue weighted by atomic mass is 10.1. The van der Waals surface area contributed by atoms with Crippen LogP contribution < -0.4 is 15.4 Å². The average Bonchev–Trinajstić information content (AvgIpc) is 2.50. The fourth-order valence-corrected chi connectivity index (χ4v) is 2.22. The van der Waals surface area contributed by atoms with Crippen molar-refractivity contribution in [2.45, 2.75) is 13.8 Å². The molecule has 0 bridgehead atoms. The molecule has 2 rings (SSSR count). The van der Waals surface area contributed by atoms with E-state index in [-0.39, 0.29) is 11.8 Å². The zero-order valence-electron chi connectivity index (χ0n) is 13.1. The van der Waals surface area contributed by atoms with Crippen LogP contribution in [0.3, 0.4) is 0 Å². The first-order chi connectivity index (χ1) is 10.9. The number of hydrogen-bond donors (Lipinski definition) is 2. The van der Waals surface area contributed by atoms with E-state index in [0.717, 1.165) is 5.56 Å². The second kappa shape index (κ2) is 7.15. The number of ether oxygens (including phenoxy) is 1. The molecule has 0 unspecified atom stereocenters. The predicted molar refractivity (Wildman–Crippen MR) is 91.4 cm³/mol. The summed E-state index contributed by atoms with van der Waals surface area (Å²) in [5.74, 6) is 0.00299. The molecule has 0 aliphatic carbocycles. The summed E-state index contributed by atoms with van der Waals surface area (Å²) in [6.07, 6.45) is 0. The number of carbonyl (C=O) groups excluding carboxylic acids is 2. The van der Waals surface area contributed by atoms with Gasteiger partial charge < -0.3 is 15.4 Å². The van der Waals surface area contributed by atoms with E-state index in [2.05, 4.69) is 10.6 Å². The molecule has 0 radical (unpaired) electrons. The van der Waals surface area contributed by atoms with E-state index in [4.69, 9.17) is 16.3 Å². The molecule has 0 aliphatic rings. The van der Waals surface area contributed by atoms with Crippen molar-refractivity contribution in [1.29, 1.82) is 0 Å².